The van der Waals surface area contributed by atoms with Crippen molar-refractivity contribution in [3.05, 3.63) is 34.1 Å². The molecule has 0 spiro atoms. The number of rotatable bonds is 7. The van der Waals surface area contributed by atoms with Gasteiger partial charge in [-0.2, -0.15) is 15.3 Å². The molecule has 0 saturated heterocycles. The van der Waals surface area contributed by atoms with E-state index in [0.29, 0.717) is 4.90 Å². The molecule has 0 fully saturated rings. The second-order valence-corrected chi connectivity index (χ2v) is 11.2. The predicted molar refractivity (Wildman–Crippen MR) is 150 cm³/mol. The lowest BCUT2D eigenvalue weighted by Gasteiger charge is -2.24. The topological polar surface area (TPSA) is 124 Å². The number of esters is 1. The van der Waals surface area contributed by atoms with Crippen LogP contribution in [0.5, 0.6) is 0 Å². The maximum atomic E-state index is 15.3. The van der Waals surface area contributed by atoms with Crippen LogP contribution in [-0.2, 0) is 30.2 Å². The Morgan fingerprint density at radius 2 is 1.77 bits per heavy atom. The van der Waals surface area contributed by atoms with Gasteiger partial charge in [-0.25, -0.2) is 13.9 Å². The zero-order chi connectivity index (χ0) is 31.0. The first-order chi connectivity index (χ1) is 18.4. The lowest BCUT2D eigenvalue weighted by molar-refractivity contribution is -0.142. The van der Waals surface area contributed by atoms with E-state index >= 15 is 4.39 Å². The van der Waals surface area contributed by atoms with E-state index in [9.17, 15) is 19.6 Å². The number of nitrogens with zero attached hydrogens (tertiary/aromatic N) is 4. The van der Waals surface area contributed by atoms with E-state index in [1.54, 1.807) is 48.7 Å². The SMILES string of the molecule is CCOC(=O)Cc1ccc(-c2nn(C(C)C)c(N(C=O)C(=O)OC(C)(C)C)c2C#N)c(F)c1Cl.COC(C)(C)C. The van der Waals surface area contributed by atoms with E-state index in [-0.39, 0.29) is 58.3 Å². The third-order valence-corrected chi connectivity index (χ3v) is 5.49. The van der Waals surface area contributed by atoms with Gasteiger partial charge in [-0.3, -0.25) is 9.59 Å². The number of carbonyl (C=O) groups excluding carboxylic acids is 3. The summed E-state index contributed by atoms with van der Waals surface area (Å²) in [4.78, 5) is 37.0. The Kier molecular flexibility index (Phi) is 12.3. The second-order valence-electron chi connectivity index (χ2n) is 10.9. The molecule has 0 radical (unpaired) electrons. The van der Waals surface area contributed by atoms with Crippen molar-refractivity contribution >= 4 is 35.9 Å². The van der Waals surface area contributed by atoms with E-state index in [4.69, 9.17) is 25.8 Å². The van der Waals surface area contributed by atoms with Crippen molar-refractivity contribution in [2.75, 3.05) is 18.6 Å². The molecule has 2 aromatic rings. The van der Waals surface area contributed by atoms with E-state index < -0.39 is 29.5 Å². The van der Waals surface area contributed by atoms with Crippen LogP contribution >= 0.6 is 11.6 Å². The van der Waals surface area contributed by atoms with Gasteiger partial charge in [-0.15, -0.1) is 0 Å². The molecule has 0 bridgehead atoms. The molecule has 1 aromatic carbocycles. The third kappa shape index (κ3) is 9.31. The van der Waals surface area contributed by atoms with Crippen LogP contribution in [-0.4, -0.2) is 53.2 Å². The molecule has 2 amide bonds. The number of ether oxygens (including phenoxy) is 3. The first-order valence-electron chi connectivity index (χ1n) is 12.6. The van der Waals surface area contributed by atoms with E-state index in [2.05, 4.69) is 5.10 Å². The van der Waals surface area contributed by atoms with Crippen molar-refractivity contribution in [1.82, 2.24) is 9.78 Å². The van der Waals surface area contributed by atoms with Crippen LogP contribution in [0.3, 0.4) is 0 Å². The molecule has 10 nitrogen and oxygen atoms in total. The zero-order valence-corrected chi connectivity index (χ0v) is 25.5. The molecule has 0 saturated carbocycles. The Bertz CT molecular complexity index is 1260. The van der Waals surface area contributed by atoms with Gasteiger partial charge in [0.25, 0.3) is 0 Å². The summed E-state index contributed by atoms with van der Waals surface area (Å²) in [5.41, 5.74) is -1.15. The van der Waals surface area contributed by atoms with E-state index in [0.717, 1.165) is 0 Å². The fraction of sp³-hybridized carbons (Fsp3) is 0.536. The van der Waals surface area contributed by atoms with Gasteiger partial charge in [0.15, 0.2) is 11.6 Å². The van der Waals surface area contributed by atoms with Gasteiger partial charge in [0.05, 0.1) is 23.7 Å². The molecule has 40 heavy (non-hydrogen) atoms. The van der Waals surface area contributed by atoms with Crippen molar-refractivity contribution in [2.45, 2.75) is 86.0 Å². The van der Waals surface area contributed by atoms with Crippen molar-refractivity contribution in [2.24, 2.45) is 0 Å². The molecular weight excluding hydrogens is 543 g/mol. The number of hydrogen-bond donors (Lipinski definition) is 0. The molecule has 0 atom stereocenters. The molecule has 0 aliphatic rings. The molecule has 1 heterocycles. The molecule has 1 aromatic heterocycles. The minimum Gasteiger partial charge on any atom is -0.466 e. The van der Waals surface area contributed by atoms with Crippen molar-refractivity contribution in [3.63, 3.8) is 0 Å². The number of imide groups is 1. The molecule has 0 N–H and O–H groups in total. The standard InChI is InChI=1S/C23H26ClFN4O5.C5H12O/c1-7-33-17(31)10-14-8-9-15(19(25)18(14)24)20-16(11-26)21(29(27-20)13(2)3)28(12-30)22(32)34-23(4,5)6;1-5(2,3)6-4/h8-9,12-13H,7,10H2,1-6H3;1-4H3. The number of hydrogen-bond acceptors (Lipinski definition) is 8. The van der Waals surface area contributed by atoms with Gasteiger partial charge in [0.1, 0.15) is 22.9 Å². The lowest BCUT2D eigenvalue weighted by atomic mass is 10.0. The Labute approximate surface area is 239 Å². The maximum Gasteiger partial charge on any atom is 0.422 e. The van der Waals surface area contributed by atoms with Gasteiger partial charge in [-0.05, 0) is 73.9 Å². The quantitative estimate of drug-likeness (QED) is 0.279. The fourth-order valence-corrected chi connectivity index (χ4v) is 3.31. The molecule has 0 aliphatic carbocycles. The molecule has 0 unspecified atom stereocenters. The summed E-state index contributed by atoms with van der Waals surface area (Å²) in [5, 5.41) is 13.9. The summed E-state index contributed by atoms with van der Waals surface area (Å²) in [5.74, 6) is -1.64. The maximum absolute atomic E-state index is 15.3. The number of carbonyl (C=O) groups is 3. The van der Waals surface area contributed by atoms with Crippen LogP contribution in [0.15, 0.2) is 12.1 Å². The summed E-state index contributed by atoms with van der Waals surface area (Å²) in [6, 6.07) is 4.25. The zero-order valence-electron chi connectivity index (χ0n) is 24.7. The average Bonchev–Trinajstić information content (AvgIpc) is 3.21. The highest BCUT2D eigenvalue weighted by molar-refractivity contribution is 6.32. The van der Waals surface area contributed by atoms with E-state index in [1.807, 2.05) is 26.8 Å². The minimum atomic E-state index is -1.02. The third-order valence-electron chi connectivity index (χ3n) is 5.08. The van der Waals surface area contributed by atoms with Crippen LogP contribution in [0.2, 0.25) is 5.02 Å². The lowest BCUT2D eigenvalue weighted by Crippen LogP contribution is -2.37. The molecular formula is C28H38ClFN4O6. The van der Waals surface area contributed by atoms with Crippen LogP contribution in [0.4, 0.5) is 15.0 Å². The number of amides is 2. The molecule has 2 rings (SSSR count). The highest BCUT2D eigenvalue weighted by Crippen LogP contribution is 2.37. The average molecular weight is 581 g/mol. The molecule has 12 heteroatoms. The number of benzene rings is 1. The van der Waals surface area contributed by atoms with Gasteiger partial charge in [0, 0.05) is 18.7 Å². The van der Waals surface area contributed by atoms with Gasteiger partial charge in [0.2, 0.25) is 6.41 Å². The summed E-state index contributed by atoms with van der Waals surface area (Å²) >= 11 is 6.17. The number of methoxy groups -OCH3 is 1. The second kappa shape index (κ2) is 14.2. The summed E-state index contributed by atoms with van der Waals surface area (Å²) in [6.45, 7) is 16.2. The summed E-state index contributed by atoms with van der Waals surface area (Å²) < 4.78 is 31.6. The number of aromatic nitrogens is 2. The Hall–Kier alpha value is -3.49. The minimum absolute atomic E-state index is 0.0417. The first-order valence-corrected chi connectivity index (χ1v) is 13.0. The molecule has 0 aliphatic heterocycles. The number of nitriles is 1. The summed E-state index contributed by atoms with van der Waals surface area (Å²) in [7, 11) is 1.71. The highest BCUT2D eigenvalue weighted by Gasteiger charge is 2.33. The fourth-order valence-electron chi connectivity index (χ4n) is 3.07. The molecule has 220 valence electrons. The van der Waals surface area contributed by atoms with Crippen molar-refractivity contribution in [3.8, 4) is 17.3 Å². The monoisotopic (exact) mass is 580 g/mol. The van der Waals surface area contributed by atoms with Gasteiger partial charge >= 0.3 is 12.1 Å². The Morgan fingerprint density at radius 3 is 2.20 bits per heavy atom. The van der Waals surface area contributed by atoms with Crippen LogP contribution in [0, 0.1) is 17.1 Å². The smallest absolute Gasteiger partial charge is 0.422 e. The van der Waals surface area contributed by atoms with Gasteiger partial charge in [-0.1, -0.05) is 17.7 Å². The van der Waals surface area contributed by atoms with Crippen LogP contribution in [0.25, 0.3) is 11.3 Å². The van der Waals surface area contributed by atoms with Crippen molar-refractivity contribution < 1.29 is 33.0 Å². The van der Waals surface area contributed by atoms with Gasteiger partial charge < -0.3 is 14.2 Å². The summed E-state index contributed by atoms with van der Waals surface area (Å²) in [6.07, 6.45) is -1.05. The Morgan fingerprint density at radius 1 is 1.20 bits per heavy atom. The van der Waals surface area contributed by atoms with Crippen LogP contribution in [0.1, 0.15) is 79.5 Å². The normalized spacial score (nSPS) is 11.3. The van der Waals surface area contributed by atoms with E-state index in [1.165, 1.54) is 16.8 Å². The van der Waals surface area contributed by atoms with Crippen LogP contribution < -0.4 is 4.90 Å². The number of anilines is 1. The first kappa shape index (κ1) is 34.5. The largest absolute Gasteiger partial charge is 0.466 e. The number of halogens is 2. The van der Waals surface area contributed by atoms with Crippen molar-refractivity contribution in [1.29, 1.82) is 5.26 Å². The Balaban J connectivity index is 0.00000120. The predicted octanol–water partition coefficient (Wildman–Crippen LogP) is 6.23. The highest BCUT2D eigenvalue weighted by atomic mass is 35.5.